The third-order valence-corrected chi connectivity index (χ3v) is 4.30. The first-order chi connectivity index (χ1) is 10.5. The van der Waals surface area contributed by atoms with E-state index in [4.69, 9.17) is 9.84 Å². The molecule has 1 N–H and O–H groups in total. The van der Waals surface area contributed by atoms with Crippen molar-refractivity contribution in [2.24, 2.45) is 11.8 Å². The van der Waals surface area contributed by atoms with Crippen molar-refractivity contribution in [1.29, 1.82) is 0 Å². The Hall–Kier alpha value is -0.770. The summed E-state index contributed by atoms with van der Waals surface area (Å²) < 4.78 is 4.90. The monoisotopic (exact) mass is 315 g/mol. The van der Waals surface area contributed by atoms with Gasteiger partial charge in [0.15, 0.2) is 0 Å². The van der Waals surface area contributed by atoms with Crippen molar-refractivity contribution < 1.29 is 14.6 Å². The summed E-state index contributed by atoms with van der Waals surface area (Å²) >= 11 is 0. The minimum absolute atomic E-state index is 0.0196. The highest BCUT2D eigenvalue weighted by Crippen LogP contribution is 2.22. The summed E-state index contributed by atoms with van der Waals surface area (Å²) in [5, 5.41) is 9.03. The average Bonchev–Trinajstić information content (AvgIpc) is 2.54. The Kier molecular flexibility index (Phi) is 12.3. The van der Waals surface area contributed by atoms with Crippen LogP contribution >= 0.6 is 0 Å². The molecule has 0 aromatic carbocycles. The second-order valence-corrected chi connectivity index (χ2v) is 6.28. The minimum atomic E-state index is -0.149. The van der Waals surface area contributed by atoms with Crippen molar-refractivity contribution in [2.45, 2.75) is 79.2 Å². The van der Waals surface area contributed by atoms with Crippen molar-refractivity contribution in [1.82, 2.24) is 4.90 Å². The maximum Gasteiger partial charge on any atom is 0.409 e. The van der Waals surface area contributed by atoms with E-state index in [0.29, 0.717) is 6.61 Å². The quantitative estimate of drug-likeness (QED) is 0.777. The third-order valence-electron chi connectivity index (χ3n) is 4.30. The summed E-state index contributed by atoms with van der Waals surface area (Å²) in [6.07, 6.45) is 6.60. The molecule has 1 saturated heterocycles. The number of aliphatic hydroxyl groups is 1. The number of piperidine rings is 1. The Morgan fingerprint density at radius 2 is 1.45 bits per heavy atom. The van der Waals surface area contributed by atoms with Gasteiger partial charge in [-0.1, -0.05) is 27.7 Å². The number of carbonyl (C=O) groups is 1. The van der Waals surface area contributed by atoms with E-state index >= 15 is 0 Å². The van der Waals surface area contributed by atoms with Gasteiger partial charge in [0.25, 0.3) is 0 Å². The molecule has 4 heteroatoms. The number of hydrogen-bond acceptors (Lipinski definition) is 3. The lowest BCUT2D eigenvalue weighted by molar-refractivity contribution is 0.0934. The van der Waals surface area contributed by atoms with Crippen molar-refractivity contribution in [3.05, 3.63) is 0 Å². The predicted octanol–water partition coefficient (Wildman–Crippen LogP) is 4.46. The minimum Gasteiger partial charge on any atom is -0.450 e. The Morgan fingerprint density at radius 1 is 1.00 bits per heavy atom. The summed E-state index contributed by atoms with van der Waals surface area (Å²) in [5.41, 5.74) is 0. The fraction of sp³-hybridized carbons (Fsp3) is 0.944. The van der Waals surface area contributed by atoms with Gasteiger partial charge in [-0.15, -0.1) is 0 Å². The molecule has 4 nitrogen and oxygen atoms in total. The number of carbonyl (C=O) groups excluding carboxylic acids is 1. The molecule has 0 radical (unpaired) electrons. The second kappa shape index (κ2) is 12.7. The summed E-state index contributed by atoms with van der Waals surface area (Å²) in [6, 6.07) is 0. The van der Waals surface area contributed by atoms with Crippen LogP contribution in [0.15, 0.2) is 0 Å². The summed E-state index contributed by atoms with van der Waals surface area (Å²) in [7, 11) is 0. The van der Waals surface area contributed by atoms with E-state index in [1.54, 1.807) is 4.90 Å². The van der Waals surface area contributed by atoms with Gasteiger partial charge < -0.3 is 14.7 Å². The van der Waals surface area contributed by atoms with Gasteiger partial charge >= 0.3 is 6.09 Å². The van der Waals surface area contributed by atoms with Gasteiger partial charge in [-0.05, 0) is 57.3 Å². The number of ether oxygens (including phenoxy) is 1. The number of hydrogen-bond donors (Lipinski definition) is 1. The van der Waals surface area contributed by atoms with Crippen LogP contribution < -0.4 is 0 Å². The zero-order chi connectivity index (χ0) is 17.0. The summed E-state index contributed by atoms with van der Waals surface area (Å²) in [4.78, 5) is 13.0. The molecule has 1 heterocycles. The molecule has 0 atom stereocenters. The van der Waals surface area contributed by atoms with Gasteiger partial charge in [0.2, 0.25) is 0 Å². The normalized spacial score (nSPS) is 25.3. The summed E-state index contributed by atoms with van der Waals surface area (Å²) in [6.45, 7) is 12.5. The number of rotatable bonds is 1. The van der Waals surface area contributed by atoms with Crippen LogP contribution in [-0.2, 0) is 4.74 Å². The van der Waals surface area contributed by atoms with E-state index in [2.05, 4.69) is 13.8 Å². The Labute approximate surface area is 137 Å². The fourth-order valence-corrected chi connectivity index (χ4v) is 2.65. The number of nitrogens with zero attached hydrogens (tertiary/aromatic N) is 1. The summed E-state index contributed by atoms with van der Waals surface area (Å²) in [5.74, 6) is 1.62. The van der Waals surface area contributed by atoms with Gasteiger partial charge in [0.05, 0.1) is 12.7 Å². The van der Waals surface area contributed by atoms with Crippen molar-refractivity contribution >= 4 is 6.09 Å². The first-order valence-corrected chi connectivity index (χ1v) is 9.12. The van der Waals surface area contributed by atoms with Crippen molar-refractivity contribution in [3.8, 4) is 0 Å². The maximum absolute atomic E-state index is 11.2. The van der Waals surface area contributed by atoms with E-state index in [-0.39, 0.29) is 12.2 Å². The van der Waals surface area contributed by atoms with Crippen LogP contribution in [-0.4, -0.2) is 41.9 Å². The molecule has 2 aliphatic rings. The van der Waals surface area contributed by atoms with Crippen LogP contribution in [0.4, 0.5) is 4.79 Å². The lowest BCUT2D eigenvalue weighted by Gasteiger charge is -2.29. The predicted molar refractivity (Wildman–Crippen MR) is 92.0 cm³/mol. The standard InChI is InChI=1S/C9H17NO2.C7H14O.C2H6/c1-3-12-9(11)10-6-4-8(2)5-7-10;1-6-2-4-7(8)5-3-6;1-2/h8H,3-7H2,1-2H3;6-8H,2-5H2,1H3;1-2H3. The van der Waals surface area contributed by atoms with Gasteiger partial charge in [0, 0.05) is 13.1 Å². The van der Waals surface area contributed by atoms with Crippen LogP contribution in [0.2, 0.25) is 0 Å². The molecule has 1 saturated carbocycles. The Morgan fingerprint density at radius 3 is 1.86 bits per heavy atom. The largest absolute Gasteiger partial charge is 0.450 e. The fourth-order valence-electron chi connectivity index (χ4n) is 2.65. The van der Waals surface area contributed by atoms with Crippen LogP contribution in [0, 0.1) is 11.8 Å². The number of likely N-dealkylation sites (tertiary alicyclic amines) is 1. The molecular weight excluding hydrogens is 278 g/mol. The second-order valence-electron chi connectivity index (χ2n) is 6.28. The van der Waals surface area contributed by atoms with E-state index in [9.17, 15) is 4.79 Å². The highest BCUT2D eigenvalue weighted by atomic mass is 16.6. The lowest BCUT2D eigenvalue weighted by atomic mass is 9.89. The Bertz CT molecular complexity index is 258. The molecule has 22 heavy (non-hydrogen) atoms. The number of amides is 1. The molecule has 0 bridgehead atoms. The average molecular weight is 315 g/mol. The molecule has 0 unspecified atom stereocenters. The molecule has 1 amide bonds. The zero-order valence-electron chi connectivity index (χ0n) is 15.3. The van der Waals surface area contributed by atoms with E-state index in [1.807, 2.05) is 20.8 Å². The molecule has 1 aliphatic carbocycles. The van der Waals surface area contributed by atoms with Crippen molar-refractivity contribution in [2.75, 3.05) is 19.7 Å². The molecule has 0 aromatic heterocycles. The van der Waals surface area contributed by atoms with Crippen LogP contribution in [0.1, 0.15) is 73.1 Å². The van der Waals surface area contributed by atoms with Crippen LogP contribution in [0.3, 0.4) is 0 Å². The number of aliphatic hydroxyl groups excluding tert-OH is 1. The highest BCUT2D eigenvalue weighted by molar-refractivity contribution is 5.67. The van der Waals surface area contributed by atoms with Gasteiger partial charge in [-0.3, -0.25) is 0 Å². The molecular formula is C18H37NO3. The van der Waals surface area contributed by atoms with E-state index in [0.717, 1.165) is 50.6 Å². The van der Waals surface area contributed by atoms with E-state index < -0.39 is 0 Å². The third kappa shape index (κ3) is 9.29. The molecule has 0 aromatic rings. The first-order valence-electron chi connectivity index (χ1n) is 9.12. The molecule has 2 rings (SSSR count). The molecule has 132 valence electrons. The topological polar surface area (TPSA) is 49.8 Å². The van der Waals surface area contributed by atoms with Crippen LogP contribution in [0.25, 0.3) is 0 Å². The molecule has 0 spiro atoms. The first kappa shape index (κ1) is 21.2. The highest BCUT2D eigenvalue weighted by Gasteiger charge is 2.20. The van der Waals surface area contributed by atoms with Gasteiger partial charge in [-0.2, -0.15) is 0 Å². The smallest absolute Gasteiger partial charge is 0.409 e. The Balaban J connectivity index is 0.000000382. The SMILES string of the molecule is CC.CC1CCC(O)CC1.CCOC(=O)N1CCC(C)CC1. The molecule has 2 fully saturated rings. The zero-order valence-corrected chi connectivity index (χ0v) is 15.3. The lowest BCUT2D eigenvalue weighted by Crippen LogP contribution is -2.38. The van der Waals surface area contributed by atoms with Gasteiger partial charge in [0.1, 0.15) is 0 Å². The van der Waals surface area contributed by atoms with Crippen LogP contribution in [0.5, 0.6) is 0 Å². The molecule has 1 aliphatic heterocycles. The van der Waals surface area contributed by atoms with E-state index in [1.165, 1.54) is 12.8 Å². The van der Waals surface area contributed by atoms with Crippen molar-refractivity contribution in [3.63, 3.8) is 0 Å². The maximum atomic E-state index is 11.2. The van der Waals surface area contributed by atoms with Gasteiger partial charge in [-0.25, -0.2) is 4.79 Å².